The molecule has 0 radical (unpaired) electrons. The van der Waals surface area contributed by atoms with Crippen LogP contribution in [0, 0.1) is 0 Å². The summed E-state index contributed by atoms with van der Waals surface area (Å²) in [6.07, 6.45) is 3.30. The smallest absolute Gasteiger partial charge is 0.341 e. The normalized spacial score (nSPS) is 13.5. The Labute approximate surface area is 182 Å². The first-order valence-corrected chi connectivity index (χ1v) is 10.3. The number of nitrogens with zero attached hydrogens (tertiary/aromatic N) is 1. The summed E-state index contributed by atoms with van der Waals surface area (Å²) in [4.78, 5) is 44.5. The van der Waals surface area contributed by atoms with Crippen molar-refractivity contribution in [3.8, 4) is 0 Å². The fourth-order valence-corrected chi connectivity index (χ4v) is 3.32. The number of carbonyl (C=O) groups is 2. The Bertz CT molecular complexity index is 1020. The average molecular weight is 454 g/mol. The summed E-state index contributed by atoms with van der Waals surface area (Å²) in [5, 5.41) is 24.6. The van der Waals surface area contributed by atoms with E-state index in [1.54, 1.807) is 12.1 Å². The van der Waals surface area contributed by atoms with E-state index in [0.29, 0.717) is 41.2 Å². The molecule has 1 aromatic heterocycles. The van der Waals surface area contributed by atoms with Gasteiger partial charge in [0, 0.05) is 37.3 Å². The van der Waals surface area contributed by atoms with Crippen molar-refractivity contribution in [3.63, 3.8) is 0 Å². The Kier molecular flexibility index (Phi) is 7.85. The molecule has 1 aliphatic carbocycles. The number of hydrogen-bond donors (Lipinski definition) is 4. The predicted octanol–water partition coefficient (Wildman–Crippen LogP) is 2.11. The van der Waals surface area contributed by atoms with Crippen molar-refractivity contribution in [2.24, 2.45) is 0 Å². The summed E-state index contributed by atoms with van der Waals surface area (Å²) >= 11 is 6.37. The van der Waals surface area contributed by atoms with Gasteiger partial charge in [0.05, 0.1) is 35.9 Å². The monoisotopic (exact) mass is 453 g/mol. The Morgan fingerprint density at radius 2 is 1.84 bits per heavy atom. The Morgan fingerprint density at radius 3 is 2.48 bits per heavy atom. The number of aliphatic carboxylic acids is 1. The van der Waals surface area contributed by atoms with Gasteiger partial charge in [0.1, 0.15) is 5.56 Å². The van der Waals surface area contributed by atoms with Crippen LogP contribution in [0.3, 0.4) is 0 Å². The quantitative estimate of drug-likeness (QED) is 0.204. The van der Waals surface area contributed by atoms with Crippen molar-refractivity contribution in [1.29, 1.82) is 0 Å². The summed E-state index contributed by atoms with van der Waals surface area (Å²) in [5.41, 5.74) is 0.300. The molecule has 1 heterocycles. The van der Waals surface area contributed by atoms with Crippen LogP contribution in [0.1, 0.15) is 35.7 Å². The number of pyridine rings is 1. The zero-order valence-corrected chi connectivity index (χ0v) is 17.5. The van der Waals surface area contributed by atoms with Crippen LogP contribution >= 0.6 is 11.6 Å². The van der Waals surface area contributed by atoms with E-state index >= 15 is 0 Å². The number of halogens is 1. The van der Waals surface area contributed by atoms with Crippen LogP contribution in [0.4, 0.5) is 5.69 Å². The minimum atomic E-state index is -1.26. The van der Waals surface area contributed by atoms with Crippen LogP contribution in [0.5, 0.6) is 0 Å². The largest absolute Gasteiger partial charge is 0.481 e. The molecule has 0 spiro atoms. The first kappa shape index (κ1) is 23.0. The fourth-order valence-electron chi connectivity index (χ4n) is 3.09. The Hall–Kier alpha value is -2.66. The number of carboxylic acids is 2. The summed E-state index contributed by atoms with van der Waals surface area (Å²) in [6.45, 7) is 1.61. The van der Waals surface area contributed by atoms with E-state index in [9.17, 15) is 19.5 Å². The molecule has 0 atom stereocenters. The SMILES string of the molecule is O=C(O)CCNCCOOCCNc1cc2c(=O)c(C(=O)O)cn(C3CC3)c2cc1Cl. The third-order valence-corrected chi connectivity index (χ3v) is 5.07. The van der Waals surface area contributed by atoms with Crippen LogP contribution in [0.2, 0.25) is 5.02 Å². The molecular weight excluding hydrogens is 430 g/mol. The van der Waals surface area contributed by atoms with Crippen LogP contribution < -0.4 is 16.1 Å². The average Bonchev–Trinajstić information content (AvgIpc) is 3.55. The molecule has 11 heteroatoms. The molecule has 0 amide bonds. The number of rotatable bonds is 13. The third-order valence-electron chi connectivity index (χ3n) is 4.75. The van der Waals surface area contributed by atoms with Crippen LogP contribution in [-0.2, 0) is 14.6 Å². The van der Waals surface area contributed by atoms with Gasteiger partial charge in [-0.1, -0.05) is 11.6 Å². The maximum atomic E-state index is 12.6. The maximum absolute atomic E-state index is 12.6. The maximum Gasteiger partial charge on any atom is 0.341 e. The first-order valence-electron chi connectivity index (χ1n) is 9.91. The minimum Gasteiger partial charge on any atom is -0.481 e. The predicted molar refractivity (Wildman–Crippen MR) is 114 cm³/mol. The van der Waals surface area contributed by atoms with Crippen molar-refractivity contribution in [1.82, 2.24) is 9.88 Å². The van der Waals surface area contributed by atoms with Crippen molar-refractivity contribution in [3.05, 3.63) is 39.1 Å². The van der Waals surface area contributed by atoms with Gasteiger partial charge in [0.25, 0.3) is 0 Å². The zero-order valence-electron chi connectivity index (χ0n) is 16.7. The molecule has 0 saturated heterocycles. The Morgan fingerprint density at radius 1 is 1.13 bits per heavy atom. The second-order valence-electron chi connectivity index (χ2n) is 7.13. The molecule has 3 rings (SSSR count). The number of anilines is 1. The summed E-state index contributed by atoms with van der Waals surface area (Å²) in [5.74, 6) is -2.12. The molecule has 1 fully saturated rings. The van der Waals surface area contributed by atoms with Crippen molar-refractivity contribution in [2.45, 2.75) is 25.3 Å². The van der Waals surface area contributed by atoms with Gasteiger partial charge in [-0.25, -0.2) is 14.6 Å². The number of nitrogens with one attached hydrogen (secondary N) is 2. The number of carboxylic acid groups (broad SMARTS) is 2. The molecule has 0 unspecified atom stereocenters. The van der Waals surface area contributed by atoms with Gasteiger partial charge in [-0.2, -0.15) is 0 Å². The van der Waals surface area contributed by atoms with E-state index in [1.807, 2.05) is 4.57 Å². The summed E-state index contributed by atoms with van der Waals surface area (Å²) in [7, 11) is 0. The highest BCUT2D eigenvalue weighted by molar-refractivity contribution is 6.34. The Balaban J connectivity index is 1.56. The van der Waals surface area contributed by atoms with E-state index in [0.717, 1.165) is 12.8 Å². The van der Waals surface area contributed by atoms with Gasteiger partial charge >= 0.3 is 11.9 Å². The molecular formula is C20H24ClN3O7. The van der Waals surface area contributed by atoms with E-state index in [-0.39, 0.29) is 31.2 Å². The molecule has 1 aliphatic rings. The molecule has 0 aliphatic heterocycles. The number of hydrogen-bond acceptors (Lipinski definition) is 7. The first-order chi connectivity index (χ1) is 14.9. The van der Waals surface area contributed by atoms with Gasteiger partial charge in [0.15, 0.2) is 0 Å². The second-order valence-corrected chi connectivity index (χ2v) is 7.54. The molecule has 0 bridgehead atoms. The lowest BCUT2D eigenvalue weighted by atomic mass is 10.1. The molecule has 31 heavy (non-hydrogen) atoms. The fraction of sp³-hybridized carbons (Fsp3) is 0.450. The standard InChI is InChI=1S/C20H24ClN3O7/c21-15-10-17-13(19(27)14(20(28)29)11-24(17)12-1-2-12)9-16(15)23-6-8-31-30-7-5-22-4-3-18(25)26/h9-12,22-23H,1-8H2,(H,25,26)(H,28,29). The van der Waals surface area contributed by atoms with Crippen LogP contribution in [0.15, 0.2) is 23.1 Å². The number of aromatic nitrogens is 1. The summed E-state index contributed by atoms with van der Waals surface area (Å²) in [6, 6.07) is 3.42. The third kappa shape index (κ3) is 6.17. The second kappa shape index (κ2) is 10.6. The van der Waals surface area contributed by atoms with Gasteiger partial charge in [-0.3, -0.25) is 9.59 Å². The van der Waals surface area contributed by atoms with Gasteiger partial charge in [-0.15, -0.1) is 0 Å². The van der Waals surface area contributed by atoms with Gasteiger partial charge < -0.3 is 25.4 Å². The minimum absolute atomic E-state index is 0.0387. The van der Waals surface area contributed by atoms with Crippen LogP contribution in [0.25, 0.3) is 10.9 Å². The molecule has 1 aromatic carbocycles. The summed E-state index contributed by atoms with van der Waals surface area (Å²) < 4.78 is 1.82. The van der Waals surface area contributed by atoms with E-state index in [2.05, 4.69) is 10.6 Å². The van der Waals surface area contributed by atoms with Gasteiger partial charge in [0.2, 0.25) is 5.43 Å². The lowest BCUT2D eigenvalue weighted by Gasteiger charge is -2.15. The topological polar surface area (TPSA) is 139 Å². The molecule has 4 N–H and O–H groups in total. The lowest BCUT2D eigenvalue weighted by Crippen LogP contribution is -2.23. The highest BCUT2D eigenvalue weighted by Crippen LogP contribution is 2.38. The van der Waals surface area contributed by atoms with Crippen molar-refractivity contribution >= 4 is 40.1 Å². The van der Waals surface area contributed by atoms with Crippen molar-refractivity contribution < 1.29 is 29.6 Å². The van der Waals surface area contributed by atoms with Crippen molar-refractivity contribution in [2.75, 3.05) is 38.2 Å². The molecule has 2 aromatic rings. The highest BCUT2D eigenvalue weighted by Gasteiger charge is 2.27. The molecule has 1 saturated carbocycles. The number of aromatic carboxylic acids is 1. The van der Waals surface area contributed by atoms with Gasteiger partial charge in [-0.05, 0) is 25.0 Å². The molecule has 168 valence electrons. The number of benzene rings is 1. The number of fused-ring (bicyclic) bond motifs is 1. The highest BCUT2D eigenvalue weighted by atomic mass is 35.5. The van der Waals surface area contributed by atoms with E-state index in [1.165, 1.54) is 6.20 Å². The van der Waals surface area contributed by atoms with Crippen LogP contribution in [-0.4, -0.2) is 59.6 Å². The van der Waals surface area contributed by atoms with E-state index < -0.39 is 17.4 Å². The van der Waals surface area contributed by atoms with E-state index in [4.69, 9.17) is 26.5 Å². The zero-order chi connectivity index (χ0) is 22.4. The molecule has 10 nitrogen and oxygen atoms in total. The lowest BCUT2D eigenvalue weighted by molar-refractivity contribution is -0.290.